The summed E-state index contributed by atoms with van der Waals surface area (Å²) in [5.74, 6) is 0. The number of aromatic nitrogens is 2. The predicted molar refractivity (Wildman–Crippen MR) is 52.3 cm³/mol. The zero-order valence-electron chi connectivity index (χ0n) is 5.66. The largest absolute Gasteiger partial charge is 0.252 e. The Morgan fingerprint density at radius 1 is 1.09 bits per heavy atom. The highest BCUT2D eigenvalue weighted by Crippen LogP contribution is 2.08. The summed E-state index contributed by atoms with van der Waals surface area (Å²) in [5, 5.41) is 0. The van der Waals surface area contributed by atoms with Crippen LogP contribution in [0.15, 0.2) is 30.5 Å². The van der Waals surface area contributed by atoms with Gasteiger partial charge in [-0.1, -0.05) is 12.1 Å². The third-order valence-corrected chi connectivity index (χ3v) is 1.94. The molecule has 1 aromatic carbocycles. The van der Waals surface area contributed by atoms with Crippen molar-refractivity contribution in [3.63, 3.8) is 0 Å². The van der Waals surface area contributed by atoms with Crippen LogP contribution in [0.25, 0.3) is 11.0 Å². The summed E-state index contributed by atoms with van der Waals surface area (Å²) < 4.78 is 0.932. The number of para-hydroxylation sites is 2. The van der Waals surface area contributed by atoms with Crippen molar-refractivity contribution in [1.29, 1.82) is 0 Å². The SMILES string of the molecule is Ic1cnc2ccccc2n1. The third-order valence-electron chi connectivity index (χ3n) is 1.42. The van der Waals surface area contributed by atoms with Gasteiger partial charge in [0.05, 0.1) is 17.2 Å². The van der Waals surface area contributed by atoms with Crippen molar-refractivity contribution in [3.05, 3.63) is 34.2 Å². The van der Waals surface area contributed by atoms with E-state index in [1.165, 1.54) is 0 Å². The zero-order valence-corrected chi connectivity index (χ0v) is 7.82. The average Bonchev–Trinajstić information content (AvgIpc) is 2.04. The van der Waals surface area contributed by atoms with Gasteiger partial charge in [-0.25, -0.2) is 4.98 Å². The minimum absolute atomic E-state index is 0.932. The van der Waals surface area contributed by atoms with Crippen molar-refractivity contribution >= 4 is 33.6 Å². The lowest BCUT2D eigenvalue weighted by Gasteiger charge is -1.94. The van der Waals surface area contributed by atoms with Crippen LogP contribution in [0.4, 0.5) is 0 Å². The third kappa shape index (κ3) is 1.33. The van der Waals surface area contributed by atoms with Crippen LogP contribution in [-0.4, -0.2) is 9.97 Å². The number of halogens is 1. The maximum atomic E-state index is 4.30. The lowest BCUT2D eigenvalue weighted by atomic mass is 10.3. The van der Waals surface area contributed by atoms with Gasteiger partial charge in [-0.3, -0.25) is 4.98 Å². The Morgan fingerprint density at radius 3 is 2.64 bits per heavy atom. The van der Waals surface area contributed by atoms with Gasteiger partial charge in [0.15, 0.2) is 0 Å². The molecule has 0 bridgehead atoms. The average molecular weight is 256 g/mol. The fraction of sp³-hybridized carbons (Fsp3) is 0. The zero-order chi connectivity index (χ0) is 7.68. The molecule has 2 nitrogen and oxygen atoms in total. The van der Waals surface area contributed by atoms with E-state index in [1.807, 2.05) is 24.3 Å². The first kappa shape index (κ1) is 6.97. The molecular weight excluding hydrogens is 251 g/mol. The van der Waals surface area contributed by atoms with Crippen LogP contribution in [0.1, 0.15) is 0 Å². The molecule has 0 saturated heterocycles. The summed E-state index contributed by atoms with van der Waals surface area (Å²) >= 11 is 2.15. The molecule has 0 saturated carbocycles. The molecule has 0 atom stereocenters. The first-order chi connectivity index (χ1) is 5.36. The van der Waals surface area contributed by atoms with Gasteiger partial charge in [-0.05, 0) is 34.7 Å². The normalized spacial score (nSPS) is 10.3. The van der Waals surface area contributed by atoms with Crippen molar-refractivity contribution in [3.8, 4) is 0 Å². The summed E-state index contributed by atoms with van der Waals surface area (Å²) in [4.78, 5) is 8.51. The van der Waals surface area contributed by atoms with E-state index >= 15 is 0 Å². The summed E-state index contributed by atoms with van der Waals surface area (Å²) in [6.45, 7) is 0. The second-order valence-corrected chi connectivity index (χ2v) is 3.29. The first-order valence-electron chi connectivity index (χ1n) is 3.23. The van der Waals surface area contributed by atoms with Crippen LogP contribution in [0.5, 0.6) is 0 Å². The van der Waals surface area contributed by atoms with Crippen molar-refractivity contribution < 1.29 is 0 Å². The molecule has 0 aliphatic rings. The van der Waals surface area contributed by atoms with Crippen LogP contribution in [0.3, 0.4) is 0 Å². The summed E-state index contributed by atoms with van der Waals surface area (Å²) in [6, 6.07) is 7.85. The predicted octanol–water partition coefficient (Wildman–Crippen LogP) is 2.23. The highest BCUT2D eigenvalue weighted by molar-refractivity contribution is 14.1. The van der Waals surface area contributed by atoms with E-state index in [-0.39, 0.29) is 0 Å². The van der Waals surface area contributed by atoms with Crippen LogP contribution >= 0.6 is 22.6 Å². The smallest absolute Gasteiger partial charge is 0.120 e. The maximum Gasteiger partial charge on any atom is 0.120 e. The van der Waals surface area contributed by atoms with E-state index in [1.54, 1.807) is 6.20 Å². The van der Waals surface area contributed by atoms with Crippen LogP contribution in [-0.2, 0) is 0 Å². The monoisotopic (exact) mass is 256 g/mol. The molecule has 1 heterocycles. The standard InChI is InChI=1S/C8H5IN2/c9-8-5-10-6-3-1-2-4-7(6)11-8/h1-5H. The van der Waals surface area contributed by atoms with E-state index in [0.29, 0.717) is 0 Å². The molecule has 0 aliphatic heterocycles. The molecule has 54 valence electrons. The number of hydrogen-bond acceptors (Lipinski definition) is 2. The van der Waals surface area contributed by atoms with Crippen LogP contribution in [0, 0.1) is 3.70 Å². The first-order valence-corrected chi connectivity index (χ1v) is 4.31. The van der Waals surface area contributed by atoms with E-state index in [9.17, 15) is 0 Å². The van der Waals surface area contributed by atoms with Crippen LogP contribution in [0.2, 0.25) is 0 Å². The summed E-state index contributed by atoms with van der Waals surface area (Å²) in [6.07, 6.45) is 1.77. The molecule has 0 unspecified atom stereocenters. The van der Waals surface area contributed by atoms with Gasteiger partial charge in [0, 0.05) is 0 Å². The second-order valence-electron chi connectivity index (χ2n) is 2.18. The molecule has 2 rings (SSSR count). The van der Waals surface area contributed by atoms with E-state index < -0.39 is 0 Å². The van der Waals surface area contributed by atoms with Crippen molar-refractivity contribution in [1.82, 2.24) is 9.97 Å². The van der Waals surface area contributed by atoms with Gasteiger partial charge >= 0.3 is 0 Å². The van der Waals surface area contributed by atoms with Gasteiger partial charge in [0.25, 0.3) is 0 Å². The summed E-state index contributed by atoms with van der Waals surface area (Å²) in [5.41, 5.74) is 1.91. The molecule has 11 heavy (non-hydrogen) atoms. The van der Waals surface area contributed by atoms with Crippen LogP contribution < -0.4 is 0 Å². The topological polar surface area (TPSA) is 25.8 Å². The van der Waals surface area contributed by atoms with Crippen molar-refractivity contribution in [2.75, 3.05) is 0 Å². The Bertz CT molecular complexity index is 387. The van der Waals surface area contributed by atoms with Gasteiger partial charge in [0.1, 0.15) is 3.70 Å². The Morgan fingerprint density at radius 2 is 1.82 bits per heavy atom. The Kier molecular flexibility index (Phi) is 1.73. The van der Waals surface area contributed by atoms with Crippen molar-refractivity contribution in [2.45, 2.75) is 0 Å². The minimum atomic E-state index is 0.932. The maximum absolute atomic E-state index is 4.30. The minimum Gasteiger partial charge on any atom is -0.252 e. The number of nitrogens with zero attached hydrogens (tertiary/aromatic N) is 2. The Labute approximate surface area is 77.8 Å². The van der Waals surface area contributed by atoms with E-state index in [2.05, 4.69) is 32.6 Å². The molecule has 0 fully saturated rings. The molecule has 0 N–H and O–H groups in total. The molecule has 1 aromatic heterocycles. The molecule has 2 aromatic rings. The summed E-state index contributed by atoms with van der Waals surface area (Å²) in [7, 11) is 0. The fourth-order valence-corrected chi connectivity index (χ4v) is 1.33. The molecular formula is C8H5IN2. The molecule has 0 amide bonds. The lowest BCUT2D eigenvalue weighted by Crippen LogP contribution is -1.84. The lowest BCUT2D eigenvalue weighted by molar-refractivity contribution is 1.25. The highest BCUT2D eigenvalue weighted by Gasteiger charge is 1.93. The molecule has 0 aliphatic carbocycles. The fourth-order valence-electron chi connectivity index (χ4n) is 0.935. The van der Waals surface area contributed by atoms with Gasteiger partial charge in [0.2, 0.25) is 0 Å². The highest BCUT2D eigenvalue weighted by atomic mass is 127. The number of fused-ring (bicyclic) bond motifs is 1. The van der Waals surface area contributed by atoms with Gasteiger partial charge in [-0.2, -0.15) is 0 Å². The van der Waals surface area contributed by atoms with E-state index in [4.69, 9.17) is 0 Å². The molecule has 0 spiro atoms. The molecule has 0 radical (unpaired) electrons. The van der Waals surface area contributed by atoms with Gasteiger partial charge in [-0.15, -0.1) is 0 Å². The second kappa shape index (κ2) is 2.73. The Balaban J connectivity index is 2.83. The van der Waals surface area contributed by atoms with E-state index in [0.717, 1.165) is 14.7 Å². The quantitative estimate of drug-likeness (QED) is 0.675. The number of hydrogen-bond donors (Lipinski definition) is 0. The molecule has 3 heteroatoms. The van der Waals surface area contributed by atoms with Crippen molar-refractivity contribution in [2.24, 2.45) is 0 Å². The van der Waals surface area contributed by atoms with Gasteiger partial charge < -0.3 is 0 Å². The number of rotatable bonds is 0. The Hall–Kier alpha value is -0.710. The number of benzene rings is 1.